The van der Waals surface area contributed by atoms with Crippen LogP contribution in [0.5, 0.6) is 0 Å². The number of piperazine rings is 1. The Hall–Kier alpha value is -0.920. The lowest BCUT2D eigenvalue weighted by Gasteiger charge is -2.36. The number of benzene rings is 1. The second kappa shape index (κ2) is 12.5. The zero-order valence-electron chi connectivity index (χ0n) is 15.4. The van der Waals surface area contributed by atoms with Crippen LogP contribution in [0, 0.1) is 0 Å². The molecule has 1 aromatic rings. The fourth-order valence-electron chi connectivity index (χ4n) is 2.71. The van der Waals surface area contributed by atoms with Gasteiger partial charge in [0.2, 0.25) is 0 Å². The van der Waals surface area contributed by atoms with Crippen molar-refractivity contribution in [1.29, 1.82) is 0 Å². The molecule has 1 aromatic carbocycles. The van der Waals surface area contributed by atoms with Crippen LogP contribution in [0.2, 0.25) is 0 Å². The van der Waals surface area contributed by atoms with E-state index in [0.29, 0.717) is 10.3 Å². The summed E-state index contributed by atoms with van der Waals surface area (Å²) in [6.45, 7) is 7.35. The highest BCUT2D eigenvalue weighted by atomic mass is 32.2. The SMILES string of the molecule is CCSC(N)=NC(=S)Nc1ccc(N2CCN(CCCO)CC2)cc1.P. The molecule has 0 radical (unpaired) electrons. The number of nitrogens with zero attached hydrogens (tertiary/aromatic N) is 3. The number of aliphatic hydroxyl groups excluding tert-OH is 1. The van der Waals surface area contributed by atoms with E-state index in [2.05, 4.69) is 32.2 Å². The number of rotatable bonds is 6. The summed E-state index contributed by atoms with van der Waals surface area (Å²) in [5.41, 5.74) is 7.88. The van der Waals surface area contributed by atoms with Gasteiger partial charge in [0.05, 0.1) is 0 Å². The smallest absolute Gasteiger partial charge is 0.199 e. The Morgan fingerprint density at radius 1 is 1.27 bits per heavy atom. The van der Waals surface area contributed by atoms with E-state index in [4.69, 9.17) is 23.1 Å². The first-order valence-electron chi connectivity index (χ1n) is 8.58. The van der Waals surface area contributed by atoms with Crippen molar-refractivity contribution in [3.8, 4) is 0 Å². The van der Waals surface area contributed by atoms with Gasteiger partial charge >= 0.3 is 0 Å². The van der Waals surface area contributed by atoms with Gasteiger partial charge in [0.1, 0.15) is 0 Å². The third-order valence-corrected chi connectivity index (χ3v) is 4.86. The Labute approximate surface area is 169 Å². The third kappa shape index (κ3) is 7.76. The van der Waals surface area contributed by atoms with Crippen molar-refractivity contribution >= 4 is 55.5 Å². The van der Waals surface area contributed by atoms with Crippen LogP contribution in [0.1, 0.15) is 13.3 Å². The zero-order chi connectivity index (χ0) is 18.1. The molecule has 26 heavy (non-hydrogen) atoms. The first-order valence-corrected chi connectivity index (χ1v) is 9.98. The molecule has 0 aromatic heterocycles. The number of nitrogens with two attached hydrogens (primary N) is 1. The lowest BCUT2D eigenvalue weighted by atomic mass is 10.2. The van der Waals surface area contributed by atoms with Crippen molar-refractivity contribution in [2.75, 3.05) is 55.3 Å². The van der Waals surface area contributed by atoms with E-state index in [0.717, 1.165) is 50.6 Å². The average Bonchev–Trinajstić information content (AvgIpc) is 2.61. The van der Waals surface area contributed by atoms with Crippen molar-refractivity contribution in [2.45, 2.75) is 13.3 Å². The molecule has 6 nitrogen and oxygen atoms in total. The summed E-state index contributed by atoms with van der Waals surface area (Å²) in [7, 11) is 0. The lowest BCUT2D eigenvalue weighted by Crippen LogP contribution is -2.46. The molecule has 0 amide bonds. The molecule has 4 N–H and O–H groups in total. The second-order valence-electron chi connectivity index (χ2n) is 5.77. The van der Waals surface area contributed by atoms with Crippen molar-refractivity contribution in [3.63, 3.8) is 0 Å². The van der Waals surface area contributed by atoms with Crippen LogP contribution in [0.15, 0.2) is 29.3 Å². The Kier molecular flexibility index (Phi) is 11.1. The second-order valence-corrected chi connectivity index (χ2v) is 7.44. The van der Waals surface area contributed by atoms with E-state index in [1.165, 1.54) is 17.4 Å². The highest BCUT2D eigenvalue weighted by molar-refractivity contribution is 8.13. The number of anilines is 2. The van der Waals surface area contributed by atoms with Gasteiger partial charge in [0.25, 0.3) is 0 Å². The summed E-state index contributed by atoms with van der Waals surface area (Å²) < 4.78 is 0. The molecule has 1 aliphatic heterocycles. The molecule has 1 fully saturated rings. The summed E-state index contributed by atoms with van der Waals surface area (Å²) in [5, 5.41) is 12.9. The van der Waals surface area contributed by atoms with Crippen molar-refractivity contribution in [3.05, 3.63) is 24.3 Å². The molecule has 1 heterocycles. The number of hydrogen-bond donors (Lipinski definition) is 3. The molecule has 1 aliphatic rings. The van der Waals surface area contributed by atoms with Crippen molar-refractivity contribution in [2.24, 2.45) is 10.7 Å². The Morgan fingerprint density at radius 2 is 1.92 bits per heavy atom. The van der Waals surface area contributed by atoms with Crippen molar-refractivity contribution in [1.82, 2.24) is 4.90 Å². The maximum atomic E-state index is 8.92. The van der Waals surface area contributed by atoms with Gasteiger partial charge in [0, 0.05) is 50.7 Å². The number of aliphatic hydroxyl groups is 1. The van der Waals surface area contributed by atoms with Crippen LogP contribution in [0.25, 0.3) is 0 Å². The molecular weight excluding hydrogens is 385 g/mol. The molecule has 2 rings (SSSR count). The number of nitrogens with one attached hydrogen (secondary N) is 1. The number of aliphatic imine (C=N–C) groups is 1. The van der Waals surface area contributed by atoms with Crippen LogP contribution >= 0.6 is 33.9 Å². The predicted octanol–water partition coefficient (Wildman–Crippen LogP) is 2.01. The zero-order valence-corrected chi connectivity index (χ0v) is 18.4. The Balaban J connectivity index is 0.00000338. The van der Waals surface area contributed by atoms with E-state index >= 15 is 0 Å². The van der Waals surface area contributed by atoms with Gasteiger partial charge in [-0.05, 0) is 48.7 Å². The van der Waals surface area contributed by atoms with Crippen LogP contribution in [0.4, 0.5) is 11.4 Å². The van der Waals surface area contributed by atoms with Crippen molar-refractivity contribution < 1.29 is 5.11 Å². The van der Waals surface area contributed by atoms with E-state index < -0.39 is 0 Å². The Morgan fingerprint density at radius 3 is 2.50 bits per heavy atom. The number of thioether (sulfide) groups is 1. The molecule has 0 spiro atoms. The number of hydrogen-bond acceptors (Lipinski definition) is 5. The predicted molar refractivity (Wildman–Crippen MR) is 124 cm³/mol. The first kappa shape index (κ1) is 23.1. The molecular formula is C17H30N5OPS2. The average molecular weight is 416 g/mol. The highest BCUT2D eigenvalue weighted by Gasteiger charge is 2.16. The lowest BCUT2D eigenvalue weighted by molar-refractivity contribution is 0.216. The quantitative estimate of drug-likeness (QED) is 0.284. The molecule has 0 bridgehead atoms. The van der Waals surface area contributed by atoms with Crippen LogP contribution in [-0.4, -0.2) is 65.4 Å². The monoisotopic (exact) mass is 415 g/mol. The highest BCUT2D eigenvalue weighted by Crippen LogP contribution is 2.20. The van der Waals surface area contributed by atoms with E-state index in [9.17, 15) is 0 Å². The minimum atomic E-state index is 0. The molecule has 0 saturated carbocycles. The van der Waals surface area contributed by atoms with Crippen LogP contribution in [0.3, 0.4) is 0 Å². The maximum Gasteiger partial charge on any atom is 0.199 e. The molecule has 0 aliphatic carbocycles. The summed E-state index contributed by atoms with van der Waals surface area (Å²) in [6.07, 6.45) is 0.851. The van der Waals surface area contributed by atoms with E-state index in [1.54, 1.807) is 0 Å². The van der Waals surface area contributed by atoms with Crippen LogP contribution < -0.4 is 16.0 Å². The van der Waals surface area contributed by atoms with Gasteiger partial charge in [-0.3, -0.25) is 4.90 Å². The first-order chi connectivity index (χ1) is 12.1. The van der Waals surface area contributed by atoms with Gasteiger partial charge in [-0.2, -0.15) is 14.9 Å². The third-order valence-electron chi connectivity index (χ3n) is 3.99. The molecule has 1 atom stereocenters. The molecule has 9 heteroatoms. The number of thiocarbonyl (C=S) groups is 1. The largest absolute Gasteiger partial charge is 0.396 e. The standard InChI is InChI=1S/C17H27N5OS2.H3P/c1-2-25-16(18)20-17(24)19-14-4-6-15(7-5-14)22-11-9-21(10-12-22)8-3-13-23;/h4-7,23H,2-3,8-13H2,1H3,(H3,18,19,20,24);1H3. The minimum absolute atomic E-state index is 0. The van der Waals surface area contributed by atoms with Gasteiger partial charge in [-0.1, -0.05) is 18.7 Å². The Bertz CT molecular complexity index is 577. The molecule has 146 valence electrons. The topological polar surface area (TPSA) is 77.1 Å². The van der Waals surface area contributed by atoms with Gasteiger partial charge in [0.15, 0.2) is 10.3 Å². The van der Waals surface area contributed by atoms with E-state index in [1.807, 2.05) is 19.1 Å². The summed E-state index contributed by atoms with van der Waals surface area (Å²) in [4.78, 5) is 8.93. The van der Waals surface area contributed by atoms with Crippen LogP contribution in [-0.2, 0) is 0 Å². The minimum Gasteiger partial charge on any atom is -0.396 e. The normalized spacial score (nSPS) is 15.5. The molecule has 1 unspecified atom stereocenters. The summed E-state index contributed by atoms with van der Waals surface area (Å²) in [5.74, 6) is 0.875. The summed E-state index contributed by atoms with van der Waals surface area (Å²) in [6, 6.07) is 8.22. The van der Waals surface area contributed by atoms with E-state index in [-0.39, 0.29) is 16.5 Å². The maximum absolute atomic E-state index is 8.92. The van der Waals surface area contributed by atoms with Gasteiger partial charge in [-0.25, -0.2) is 0 Å². The van der Waals surface area contributed by atoms with Gasteiger partial charge < -0.3 is 21.1 Å². The fraction of sp³-hybridized carbons (Fsp3) is 0.529. The number of amidine groups is 1. The summed E-state index contributed by atoms with van der Waals surface area (Å²) >= 11 is 6.68. The molecule has 1 saturated heterocycles. The fourth-order valence-corrected chi connectivity index (χ4v) is 3.44. The van der Waals surface area contributed by atoms with Gasteiger partial charge in [-0.15, -0.1) is 0 Å².